The Bertz CT molecular complexity index is 653. The van der Waals surface area contributed by atoms with Crippen LogP contribution < -0.4 is 10.9 Å². The van der Waals surface area contributed by atoms with Crippen molar-refractivity contribution in [1.82, 2.24) is 10.2 Å². The van der Waals surface area contributed by atoms with Gasteiger partial charge in [0.1, 0.15) is 11.3 Å². The molecule has 1 aromatic heterocycles. The fraction of sp³-hybridized carbons (Fsp3) is 0.667. The first-order chi connectivity index (χ1) is 11.5. The van der Waals surface area contributed by atoms with Crippen molar-refractivity contribution in [1.29, 1.82) is 0 Å². The van der Waals surface area contributed by atoms with Gasteiger partial charge in [-0.1, -0.05) is 0 Å². The van der Waals surface area contributed by atoms with Gasteiger partial charge >= 0.3 is 5.63 Å². The lowest BCUT2D eigenvalue weighted by atomic mass is 9.95. The van der Waals surface area contributed by atoms with Crippen LogP contribution in [-0.4, -0.2) is 49.2 Å². The number of piperidine rings is 1. The third-order valence-electron chi connectivity index (χ3n) is 4.79. The molecule has 132 valence electrons. The van der Waals surface area contributed by atoms with Gasteiger partial charge in [-0.2, -0.15) is 0 Å². The summed E-state index contributed by atoms with van der Waals surface area (Å²) in [7, 11) is 0. The number of carbonyl (C=O) groups excluding carboxylic acids is 1. The molecule has 0 aromatic carbocycles. The zero-order valence-electron chi connectivity index (χ0n) is 14.6. The van der Waals surface area contributed by atoms with Crippen molar-refractivity contribution in [3.63, 3.8) is 0 Å². The smallest absolute Gasteiger partial charge is 0.349 e. The quantitative estimate of drug-likeness (QED) is 0.891. The highest BCUT2D eigenvalue weighted by molar-refractivity contribution is 5.95. The van der Waals surface area contributed by atoms with E-state index in [9.17, 15) is 9.59 Å². The standard InChI is InChI=1S/C18H26N2O4/c1-11-7-15(14-5-4-6-19-8-14)24-18(22)16(11)17(21)20-9-12(2)23-13(3)10-20/h7,12-14,19H,4-6,8-10H2,1-3H3/t12-,13+,14?. The normalized spacial score (nSPS) is 28.0. The minimum Gasteiger partial charge on any atom is -0.427 e. The second-order valence-electron chi connectivity index (χ2n) is 7.00. The molecule has 2 saturated heterocycles. The molecule has 2 fully saturated rings. The van der Waals surface area contributed by atoms with Gasteiger partial charge in [0.05, 0.1) is 12.2 Å². The molecular formula is C18H26N2O4. The molecule has 1 N–H and O–H groups in total. The van der Waals surface area contributed by atoms with Gasteiger partial charge < -0.3 is 19.4 Å². The Morgan fingerprint density at radius 1 is 1.29 bits per heavy atom. The lowest BCUT2D eigenvalue weighted by Gasteiger charge is -2.35. The van der Waals surface area contributed by atoms with Crippen LogP contribution in [0.15, 0.2) is 15.3 Å². The first-order valence-corrected chi connectivity index (χ1v) is 8.75. The van der Waals surface area contributed by atoms with Gasteiger partial charge in [-0.3, -0.25) is 4.79 Å². The predicted molar refractivity (Wildman–Crippen MR) is 90.5 cm³/mol. The largest absolute Gasteiger partial charge is 0.427 e. The molecule has 6 heteroatoms. The van der Waals surface area contributed by atoms with Crippen LogP contribution in [0.5, 0.6) is 0 Å². The summed E-state index contributed by atoms with van der Waals surface area (Å²) in [5.41, 5.74) is 0.333. The second-order valence-corrected chi connectivity index (χ2v) is 7.00. The highest BCUT2D eigenvalue weighted by atomic mass is 16.5. The van der Waals surface area contributed by atoms with E-state index in [1.165, 1.54) is 0 Å². The van der Waals surface area contributed by atoms with Gasteiger partial charge in [-0.25, -0.2) is 4.79 Å². The van der Waals surface area contributed by atoms with Gasteiger partial charge in [-0.15, -0.1) is 0 Å². The molecular weight excluding hydrogens is 308 g/mol. The molecule has 1 aromatic rings. The Kier molecular flexibility index (Phi) is 5.06. The zero-order valence-corrected chi connectivity index (χ0v) is 14.6. The van der Waals surface area contributed by atoms with Crippen LogP contribution >= 0.6 is 0 Å². The van der Waals surface area contributed by atoms with Crippen molar-refractivity contribution >= 4 is 5.91 Å². The number of amides is 1. The number of hydrogen-bond donors (Lipinski definition) is 1. The SMILES string of the molecule is Cc1cc(C2CCCNC2)oc(=O)c1C(=O)N1C[C@@H](C)O[C@@H](C)C1. The molecule has 0 radical (unpaired) electrons. The summed E-state index contributed by atoms with van der Waals surface area (Å²) in [4.78, 5) is 27.0. The summed E-state index contributed by atoms with van der Waals surface area (Å²) >= 11 is 0. The zero-order chi connectivity index (χ0) is 17.3. The Morgan fingerprint density at radius 3 is 2.58 bits per heavy atom. The minimum absolute atomic E-state index is 0.0300. The Hall–Kier alpha value is -1.66. The number of morpholine rings is 1. The molecule has 0 aliphatic carbocycles. The number of rotatable bonds is 2. The molecule has 0 saturated carbocycles. The second kappa shape index (κ2) is 7.07. The van der Waals surface area contributed by atoms with Crippen LogP contribution in [0.4, 0.5) is 0 Å². The monoisotopic (exact) mass is 334 g/mol. The molecule has 1 amide bonds. The average Bonchev–Trinajstić information content (AvgIpc) is 2.54. The average molecular weight is 334 g/mol. The van der Waals surface area contributed by atoms with E-state index in [4.69, 9.17) is 9.15 Å². The van der Waals surface area contributed by atoms with E-state index in [1.807, 2.05) is 26.8 Å². The summed E-state index contributed by atoms with van der Waals surface area (Å²) in [6.45, 7) is 8.50. The van der Waals surface area contributed by atoms with Crippen molar-refractivity contribution in [2.75, 3.05) is 26.2 Å². The predicted octanol–water partition coefficient (Wildman–Crippen LogP) is 1.66. The van der Waals surface area contributed by atoms with Crippen LogP contribution in [0.1, 0.15) is 54.3 Å². The van der Waals surface area contributed by atoms with Crippen LogP contribution in [0.3, 0.4) is 0 Å². The highest BCUT2D eigenvalue weighted by Gasteiger charge is 2.30. The molecule has 24 heavy (non-hydrogen) atoms. The lowest BCUT2D eigenvalue weighted by molar-refractivity contribution is -0.0587. The number of nitrogens with one attached hydrogen (secondary N) is 1. The van der Waals surface area contributed by atoms with Crippen LogP contribution in [0.2, 0.25) is 0 Å². The fourth-order valence-electron chi connectivity index (χ4n) is 3.69. The Morgan fingerprint density at radius 2 is 2.00 bits per heavy atom. The Balaban J connectivity index is 1.85. The van der Waals surface area contributed by atoms with Gasteiger partial charge in [0.25, 0.3) is 5.91 Å². The summed E-state index contributed by atoms with van der Waals surface area (Å²) in [6.07, 6.45) is 2.01. The van der Waals surface area contributed by atoms with Crippen LogP contribution in [-0.2, 0) is 4.74 Å². The molecule has 3 rings (SSSR count). The molecule has 2 aliphatic heterocycles. The fourth-order valence-corrected chi connectivity index (χ4v) is 3.69. The van der Waals surface area contributed by atoms with E-state index in [-0.39, 0.29) is 29.6 Å². The van der Waals surface area contributed by atoms with Gasteiger partial charge in [0, 0.05) is 25.6 Å². The number of hydrogen-bond acceptors (Lipinski definition) is 5. The molecule has 0 bridgehead atoms. The molecule has 3 heterocycles. The van der Waals surface area contributed by atoms with Crippen molar-refractivity contribution in [2.45, 2.75) is 51.7 Å². The Labute approximate surface area is 142 Å². The number of nitrogens with zero attached hydrogens (tertiary/aromatic N) is 1. The number of carbonyl (C=O) groups is 1. The third-order valence-corrected chi connectivity index (χ3v) is 4.79. The van der Waals surface area contributed by atoms with Crippen molar-refractivity contribution in [2.24, 2.45) is 0 Å². The number of ether oxygens (including phenoxy) is 1. The maximum atomic E-state index is 12.8. The van der Waals surface area contributed by atoms with E-state index in [1.54, 1.807) is 4.90 Å². The van der Waals surface area contributed by atoms with E-state index < -0.39 is 5.63 Å². The van der Waals surface area contributed by atoms with Crippen LogP contribution in [0, 0.1) is 6.92 Å². The van der Waals surface area contributed by atoms with E-state index in [2.05, 4.69) is 5.32 Å². The topological polar surface area (TPSA) is 71.8 Å². The maximum absolute atomic E-state index is 12.8. The summed E-state index contributed by atoms with van der Waals surface area (Å²) < 4.78 is 11.2. The molecule has 2 aliphatic rings. The highest BCUT2D eigenvalue weighted by Crippen LogP contribution is 2.24. The lowest BCUT2D eigenvalue weighted by Crippen LogP contribution is -2.49. The minimum atomic E-state index is -0.521. The van der Waals surface area contributed by atoms with Gasteiger partial charge in [0.15, 0.2) is 0 Å². The number of aryl methyl sites for hydroxylation is 1. The first-order valence-electron chi connectivity index (χ1n) is 8.75. The molecule has 3 atom stereocenters. The van der Waals surface area contributed by atoms with E-state index >= 15 is 0 Å². The first kappa shape index (κ1) is 17.2. The van der Waals surface area contributed by atoms with Crippen LogP contribution in [0.25, 0.3) is 0 Å². The summed E-state index contributed by atoms with van der Waals surface area (Å²) in [6, 6.07) is 1.86. The summed E-state index contributed by atoms with van der Waals surface area (Å²) in [5.74, 6) is 0.638. The van der Waals surface area contributed by atoms with Gasteiger partial charge in [-0.05, 0) is 51.8 Å². The maximum Gasteiger partial charge on any atom is 0.349 e. The molecule has 6 nitrogen and oxygen atoms in total. The van der Waals surface area contributed by atoms with E-state index in [0.717, 1.165) is 25.9 Å². The third kappa shape index (κ3) is 3.54. The molecule has 0 spiro atoms. The van der Waals surface area contributed by atoms with E-state index in [0.29, 0.717) is 24.4 Å². The van der Waals surface area contributed by atoms with Crippen molar-refractivity contribution in [3.8, 4) is 0 Å². The van der Waals surface area contributed by atoms with Gasteiger partial charge in [0.2, 0.25) is 0 Å². The van der Waals surface area contributed by atoms with Crippen molar-refractivity contribution in [3.05, 3.63) is 33.4 Å². The summed E-state index contributed by atoms with van der Waals surface area (Å²) in [5, 5.41) is 3.32. The van der Waals surface area contributed by atoms with Crippen molar-refractivity contribution < 1.29 is 13.9 Å². The molecule has 1 unspecified atom stereocenters.